The third-order valence-electron chi connectivity index (χ3n) is 4.97. The van der Waals surface area contributed by atoms with Crippen LogP contribution in [0, 0.1) is 6.08 Å². The second-order valence-electron chi connectivity index (χ2n) is 6.85. The molecule has 0 aliphatic heterocycles. The Labute approximate surface area is 188 Å². The second kappa shape index (κ2) is 7.84. The van der Waals surface area contributed by atoms with E-state index in [4.69, 9.17) is 23.2 Å². The number of hydrogen-bond donors (Lipinski definition) is 3. The van der Waals surface area contributed by atoms with E-state index >= 15 is 0 Å². The number of H-pyrrole nitrogens is 2. The summed E-state index contributed by atoms with van der Waals surface area (Å²) in [6, 6.07) is 4.17. The molecule has 5 aromatic rings. The van der Waals surface area contributed by atoms with E-state index < -0.39 is 17.7 Å². The van der Waals surface area contributed by atoms with Crippen LogP contribution in [0.4, 0.5) is 10.2 Å². The summed E-state index contributed by atoms with van der Waals surface area (Å²) in [6.07, 6.45) is 2.43. The van der Waals surface area contributed by atoms with Crippen molar-refractivity contribution in [3.05, 3.63) is 63.0 Å². The Balaban J connectivity index is 1.76. The molecule has 3 N–H and O–H groups in total. The summed E-state index contributed by atoms with van der Waals surface area (Å²) < 4.78 is 15.3. The van der Waals surface area contributed by atoms with Crippen LogP contribution in [0.5, 0.6) is 0 Å². The Morgan fingerprint density at radius 1 is 1.19 bits per heavy atom. The number of anilines is 1. The van der Waals surface area contributed by atoms with Crippen molar-refractivity contribution < 1.29 is 4.39 Å². The van der Waals surface area contributed by atoms with E-state index in [2.05, 4.69) is 40.4 Å². The van der Waals surface area contributed by atoms with Gasteiger partial charge in [-0.3, -0.25) is 9.89 Å². The molecule has 0 saturated carbocycles. The van der Waals surface area contributed by atoms with Crippen LogP contribution >= 0.6 is 23.2 Å². The van der Waals surface area contributed by atoms with Gasteiger partial charge in [0.15, 0.2) is 11.5 Å². The summed E-state index contributed by atoms with van der Waals surface area (Å²) in [7, 11) is 0. The fourth-order valence-corrected chi connectivity index (χ4v) is 3.93. The van der Waals surface area contributed by atoms with Gasteiger partial charge in [0.2, 0.25) is 0 Å². The minimum absolute atomic E-state index is 0.169. The standard InChI is InChI=1S/C19H14Cl2FN9O/c1-2-10(26-16-14-15(24-7-23-14)28-19(22)29-16)17-27-13-9(21)4-3-8(20)12(13)18(32)31(17)11-5-6-25-30-11/h3-7,10H,2H2,1H3,(H,25,30)(H2,23,24,26,28,29)/t10-/m0/s1. The Morgan fingerprint density at radius 2 is 2.00 bits per heavy atom. The van der Waals surface area contributed by atoms with E-state index in [9.17, 15) is 9.18 Å². The van der Waals surface area contributed by atoms with Crippen LogP contribution in [0.2, 0.25) is 10.0 Å². The van der Waals surface area contributed by atoms with E-state index in [1.807, 2.05) is 6.92 Å². The number of fused-ring (bicyclic) bond motifs is 2. The van der Waals surface area contributed by atoms with E-state index in [-0.39, 0.29) is 32.4 Å². The molecule has 0 aliphatic rings. The topological polar surface area (TPSA) is 130 Å². The van der Waals surface area contributed by atoms with E-state index in [1.165, 1.54) is 17.1 Å². The first-order valence-corrected chi connectivity index (χ1v) is 10.3. The van der Waals surface area contributed by atoms with Gasteiger partial charge in [0.05, 0.1) is 39.5 Å². The molecule has 4 aromatic heterocycles. The summed E-state index contributed by atoms with van der Waals surface area (Å²) in [5, 5.41) is 10.5. The molecule has 13 heteroatoms. The normalized spacial score (nSPS) is 12.5. The minimum Gasteiger partial charge on any atom is -0.358 e. The smallest absolute Gasteiger partial charge is 0.312 e. The number of nitrogens with one attached hydrogen (secondary N) is 3. The maximum absolute atomic E-state index is 14.0. The molecule has 32 heavy (non-hydrogen) atoms. The highest BCUT2D eigenvalue weighted by Crippen LogP contribution is 2.30. The molecule has 10 nitrogen and oxygen atoms in total. The summed E-state index contributed by atoms with van der Waals surface area (Å²) >= 11 is 12.7. The van der Waals surface area contributed by atoms with Gasteiger partial charge in [-0.25, -0.2) is 14.5 Å². The molecule has 0 spiro atoms. The van der Waals surface area contributed by atoms with Gasteiger partial charge in [-0.2, -0.15) is 19.5 Å². The number of aromatic amines is 2. The molecular formula is C19H14Cl2FN9O. The number of benzene rings is 1. The zero-order chi connectivity index (χ0) is 22.4. The summed E-state index contributed by atoms with van der Waals surface area (Å²) in [5.74, 6) is 0.876. The fourth-order valence-electron chi connectivity index (χ4n) is 3.50. The maximum Gasteiger partial charge on any atom is 0.312 e. The van der Waals surface area contributed by atoms with Crippen molar-refractivity contribution in [2.45, 2.75) is 19.4 Å². The summed E-state index contributed by atoms with van der Waals surface area (Å²) in [4.78, 5) is 32.6. The highest BCUT2D eigenvalue weighted by molar-refractivity contribution is 6.39. The average Bonchev–Trinajstić information content (AvgIpc) is 3.46. The third kappa shape index (κ3) is 3.26. The number of halogens is 3. The number of rotatable bonds is 5. The molecular weight excluding hydrogens is 460 g/mol. The lowest BCUT2D eigenvalue weighted by molar-refractivity contribution is 0.543. The molecule has 0 fully saturated rings. The number of aromatic nitrogens is 8. The van der Waals surface area contributed by atoms with Gasteiger partial charge >= 0.3 is 6.08 Å². The predicted molar refractivity (Wildman–Crippen MR) is 118 cm³/mol. The van der Waals surface area contributed by atoms with Crippen molar-refractivity contribution in [3.8, 4) is 5.82 Å². The highest BCUT2D eigenvalue weighted by Gasteiger charge is 2.24. The third-order valence-corrected chi connectivity index (χ3v) is 5.59. The molecule has 0 radical (unpaired) electrons. The first-order chi connectivity index (χ1) is 15.5. The molecule has 0 saturated heterocycles. The van der Waals surface area contributed by atoms with Gasteiger partial charge < -0.3 is 10.3 Å². The Morgan fingerprint density at radius 3 is 2.75 bits per heavy atom. The molecule has 162 valence electrons. The first-order valence-electron chi connectivity index (χ1n) is 9.51. The lowest BCUT2D eigenvalue weighted by atomic mass is 10.1. The Bertz CT molecular complexity index is 1510. The van der Waals surface area contributed by atoms with Crippen molar-refractivity contribution in [2.75, 3.05) is 5.32 Å². The van der Waals surface area contributed by atoms with Gasteiger partial charge in [0.25, 0.3) is 5.56 Å². The average molecular weight is 474 g/mol. The van der Waals surface area contributed by atoms with Crippen LogP contribution in [0.1, 0.15) is 25.2 Å². The molecule has 4 heterocycles. The number of imidazole rings is 1. The van der Waals surface area contributed by atoms with Gasteiger partial charge in [0.1, 0.15) is 17.2 Å². The van der Waals surface area contributed by atoms with Crippen LogP contribution in [-0.2, 0) is 0 Å². The second-order valence-corrected chi connectivity index (χ2v) is 7.67. The Hall–Kier alpha value is -3.57. The monoisotopic (exact) mass is 473 g/mol. The summed E-state index contributed by atoms with van der Waals surface area (Å²) in [6.45, 7) is 1.88. The van der Waals surface area contributed by atoms with Crippen LogP contribution in [0.25, 0.3) is 27.9 Å². The van der Waals surface area contributed by atoms with Crippen molar-refractivity contribution in [3.63, 3.8) is 0 Å². The van der Waals surface area contributed by atoms with Crippen molar-refractivity contribution in [1.29, 1.82) is 0 Å². The minimum atomic E-state index is -0.936. The van der Waals surface area contributed by atoms with Gasteiger partial charge in [-0.05, 0) is 18.6 Å². The summed E-state index contributed by atoms with van der Waals surface area (Å²) in [5.41, 5.74) is 0.419. The van der Waals surface area contributed by atoms with E-state index in [0.717, 1.165) is 0 Å². The van der Waals surface area contributed by atoms with Crippen LogP contribution in [0.3, 0.4) is 0 Å². The highest BCUT2D eigenvalue weighted by atomic mass is 35.5. The molecule has 0 bridgehead atoms. The maximum atomic E-state index is 14.0. The molecule has 0 aliphatic carbocycles. The molecule has 1 atom stereocenters. The van der Waals surface area contributed by atoms with Crippen molar-refractivity contribution in [1.82, 2.24) is 39.7 Å². The zero-order valence-corrected chi connectivity index (χ0v) is 17.9. The van der Waals surface area contributed by atoms with Crippen molar-refractivity contribution >= 4 is 51.1 Å². The van der Waals surface area contributed by atoms with Gasteiger partial charge in [0, 0.05) is 6.07 Å². The largest absolute Gasteiger partial charge is 0.358 e. The predicted octanol–water partition coefficient (Wildman–Crippen LogP) is 3.78. The molecule has 0 unspecified atom stereocenters. The first kappa shape index (κ1) is 20.3. The van der Waals surface area contributed by atoms with Crippen LogP contribution < -0.4 is 10.9 Å². The SMILES string of the molecule is CC[C@H](Nc1nc(F)nc2nc[nH]c12)c1nc2c(Cl)ccc(Cl)c2c(=O)n1-c1ccn[nH]1. The Kier molecular flexibility index (Phi) is 4.98. The van der Waals surface area contributed by atoms with Gasteiger partial charge in [-0.1, -0.05) is 30.1 Å². The number of hydrogen-bond acceptors (Lipinski definition) is 7. The fraction of sp³-hybridized carbons (Fsp3) is 0.158. The lowest BCUT2D eigenvalue weighted by Crippen LogP contribution is -2.29. The van der Waals surface area contributed by atoms with Crippen molar-refractivity contribution in [2.24, 2.45) is 0 Å². The van der Waals surface area contributed by atoms with Crippen LogP contribution in [-0.4, -0.2) is 39.7 Å². The zero-order valence-electron chi connectivity index (χ0n) is 16.4. The van der Waals surface area contributed by atoms with E-state index in [0.29, 0.717) is 23.6 Å². The molecule has 5 rings (SSSR count). The van der Waals surface area contributed by atoms with E-state index in [1.54, 1.807) is 18.2 Å². The quantitative estimate of drug-likeness (QED) is 0.331. The molecule has 1 aromatic carbocycles. The van der Waals surface area contributed by atoms with Gasteiger partial charge in [-0.15, -0.1) is 0 Å². The lowest BCUT2D eigenvalue weighted by Gasteiger charge is -2.21. The van der Waals surface area contributed by atoms with Crippen LogP contribution in [0.15, 0.2) is 35.5 Å². The molecule has 0 amide bonds. The number of nitrogens with zero attached hydrogens (tertiary/aromatic N) is 6.